The van der Waals surface area contributed by atoms with Gasteiger partial charge in [-0.15, -0.1) is 0 Å². The normalized spacial score (nSPS) is 19.7. The average molecular weight is 578 g/mol. The van der Waals surface area contributed by atoms with Crippen molar-refractivity contribution in [3.05, 3.63) is 23.7 Å². The lowest BCUT2D eigenvalue weighted by Crippen LogP contribution is -2.64. The van der Waals surface area contributed by atoms with E-state index in [2.05, 4.69) is 22.8 Å². The highest BCUT2D eigenvalue weighted by Gasteiger charge is 2.47. The molecule has 3 rings (SSSR count). The number of amides is 1. The number of hydrogen-bond acceptors (Lipinski definition) is 7. The van der Waals surface area contributed by atoms with Gasteiger partial charge in [0.1, 0.15) is 18.1 Å². The second-order valence-electron chi connectivity index (χ2n) is 9.31. The van der Waals surface area contributed by atoms with E-state index in [0.717, 1.165) is 57.1 Å². The molecule has 224 valence electrons. The Kier molecular flexibility index (Phi) is 12.3. The number of alkyl halides is 6. The molecule has 16 heteroatoms. The zero-order valence-corrected chi connectivity index (χ0v) is 21.9. The van der Waals surface area contributed by atoms with Gasteiger partial charge in [0.25, 0.3) is 0 Å². The van der Waals surface area contributed by atoms with E-state index in [4.69, 9.17) is 29.0 Å². The van der Waals surface area contributed by atoms with E-state index in [1.54, 1.807) is 0 Å². The first kappa shape index (κ1) is 34.2. The molecule has 1 aromatic heterocycles. The smallest absolute Gasteiger partial charge is 0.475 e. The highest BCUT2D eigenvalue weighted by atomic mass is 19.4. The Bertz CT molecular complexity index is 933. The van der Waals surface area contributed by atoms with E-state index in [-0.39, 0.29) is 24.2 Å². The summed E-state index contributed by atoms with van der Waals surface area (Å²) in [4.78, 5) is 36.7. The number of likely N-dealkylation sites (N-methyl/N-ethyl adjacent to an activating group) is 1. The number of aryl methyl sites for hydroxylation is 1. The SMILES string of the molecule is Cc1ccc(CN2CCC3(CC2)OCC(=O)N(CCN(C)C)C3C)o1.O=C(O)C(F)(F)F.O=C(O)C(F)(F)F. The summed E-state index contributed by atoms with van der Waals surface area (Å²) in [6.45, 7) is 8.80. The molecule has 1 atom stereocenters. The number of halogens is 6. The van der Waals surface area contributed by atoms with Crippen LogP contribution in [0, 0.1) is 6.92 Å². The number of hydrogen-bond donors (Lipinski definition) is 2. The molecule has 0 bridgehead atoms. The number of nitrogens with zero attached hydrogens (tertiary/aromatic N) is 3. The Morgan fingerprint density at radius 1 is 1.05 bits per heavy atom. The second kappa shape index (κ2) is 14.0. The topological polar surface area (TPSA) is 124 Å². The minimum atomic E-state index is -5.08. The van der Waals surface area contributed by atoms with Crippen LogP contribution in [-0.2, 0) is 25.7 Å². The number of carboxylic acids is 2. The van der Waals surface area contributed by atoms with Crippen LogP contribution in [-0.4, -0.2) is 114 Å². The highest BCUT2D eigenvalue weighted by Crippen LogP contribution is 2.36. The third kappa shape index (κ3) is 11.0. The zero-order valence-electron chi connectivity index (χ0n) is 21.9. The van der Waals surface area contributed by atoms with Crippen molar-refractivity contribution in [2.75, 3.05) is 46.9 Å². The quantitative estimate of drug-likeness (QED) is 0.509. The van der Waals surface area contributed by atoms with Crippen molar-refractivity contribution >= 4 is 17.8 Å². The summed E-state index contributed by atoms with van der Waals surface area (Å²) in [7, 11) is 4.08. The van der Waals surface area contributed by atoms with Gasteiger partial charge < -0.3 is 29.2 Å². The molecule has 2 aliphatic heterocycles. The summed E-state index contributed by atoms with van der Waals surface area (Å²) in [5, 5.41) is 14.2. The molecule has 39 heavy (non-hydrogen) atoms. The first-order valence-corrected chi connectivity index (χ1v) is 11.7. The summed E-state index contributed by atoms with van der Waals surface area (Å²) < 4.78 is 75.3. The van der Waals surface area contributed by atoms with E-state index >= 15 is 0 Å². The van der Waals surface area contributed by atoms with E-state index < -0.39 is 24.3 Å². The van der Waals surface area contributed by atoms with Gasteiger partial charge in [0, 0.05) is 26.2 Å². The molecule has 2 aliphatic rings. The lowest BCUT2D eigenvalue weighted by molar-refractivity contribution is -0.193. The maximum Gasteiger partial charge on any atom is 0.490 e. The van der Waals surface area contributed by atoms with Crippen LogP contribution in [0.1, 0.15) is 31.3 Å². The fourth-order valence-corrected chi connectivity index (χ4v) is 3.98. The van der Waals surface area contributed by atoms with Gasteiger partial charge in [-0.1, -0.05) is 0 Å². The molecule has 1 spiro atoms. The number of morpholine rings is 1. The fraction of sp³-hybridized carbons (Fsp3) is 0.696. The lowest BCUT2D eigenvalue weighted by atomic mass is 9.82. The summed E-state index contributed by atoms with van der Waals surface area (Å²) in [5.74, 6) is -3.41. The number of furan rings is 1. The number of carboxylic acid groups (broad SMARTS) is 2. The van der Waals surface area contributed by atoms with Gasteiger partial charge in [0.05, 0.1) is 18.2 Å². The summed E-state index contributed by atoms with van der Waals surface area (Å²) in [6.07, 6.45) is -8.25. The third-order valence-corrected chi connectivity index (χ3v) is 6.18. The predicted molar refractivity (Wildman–Crippen MR) is 124 cm³/mol. The van der Waals surface area contributed by atoms with E-state index in [0.29, 0.717) is 0 Å². The summed E-state index contributed by atoms with van der Waals surface area (Å²) in [6, 6.07) is 4.20. The van der Waals surface area contributed by atoms with Crippen molar-refractivity contribution in [3.63, 3.8) is 0 Å². The molecule has 0 saturated carbocycles. The molecule has 2 fully saturated rings. The van der Waals surface area contributed by atoms with Crippen LogP contribution in [0.5, 0.6) is 0 Å². The summed E-state index contributed by atoms with van der Waals surface area (Å²) in [5.41, 5.74) is -0.199. The maximum absolute atomic E-state index is 12.3. The van der Waals surface area contributed by atoms with Gasteiger partial charge in [-0.25, -0.2) is 9.59 Å². The first-order valence-electron chi connectivity index (χ1n) is 11.7. The van der Waals surface area contributed by atoms with E-state index in [1.807, 2.05) is 32.0 Å². The Balaban J connectivity index is 0.000000449. The zero-order chi connectivity index (χ0) is 30.2. The Morgan fingerprint density at radius 3 is 1.92 bits per heavy atom. The number of carbonyl (C=O) groups excluding carboxylic acids is 1. The molecule has 1 aromatic rings. The van der Waals surface area contributed by atoms with Gasteiger partial charge in [-0.05, 0) is 52.9 Å². The van der Waals surface area contributed by atoms with Gasteiger partial charge >= 0.3 is 24.3 Å². The second-order valence-corrected chi connectivity index (χ2v) is 9.31. The standard InChI is InChI=1S/C19H31N3O3.2C2HF3O2/c1-15-5-6-17(25-15)13-21-9-7-19(8-10-21)16(2)22(12-11-20(3)4)18(23)14-24-19;2*3-2(4,5)1(6)7/h5-6,16H,7-14H2,1-4H3;2*(H,6,7). The van der Waals surface area contributed by atoms with Crippen molar-refractivity contribution in [1.82, 2.24) is 14.7 Å². The van der Waals surface area contributed by atoms with Crippen LogP contribution in [0.4, 0.5) is 26.3 Å². The highest BCUT2D eigenvalue weighted by molar-refractivity contribution is 5.78. The molecule has 0 aliphatic carbocycles. The monoisotopic (exact) mass is 577 g/mol. The first-order chi connectivity index (χ1) is 17.8. The summed E-state index contributed by atoms with van der Waals surface area (Å²) >= 11 is 0. The largest absolute Gasteiger partial charge is 0.490 e. The minimum Gasteiger partial charge on any atom is -0.475 e. The Morgan fingerprint density at radius 2 is 1.54 bits per heavy atom. The van der Waals surface area contributed by atoms with Crippen LogP contribution in [0.3, 0.4) is 0 Å². The van der Waals surface area contributed by atoms with Crippen LogP contribution in [0.2, 0.25) is 0 Å². The Hall–Kier alpha value is -2.85. The molecular formula is C23H33F6N3O7. The Labute approximate surface area is 221 Å². The molecule has 1 unspecified atom stereocenters. The molecule has 0 aromatic carbocycles. The minimum absolute atomic E-state index is 0.119. The maximum atomic E-state index is 12.3. The van der Waals surface area contributed by atoms with Crippen LogP contribution in [0.15, 0.2) is 16.5 Å². The number of likely N-dealkylation sites (tertiary alicyclic amines) is 1. The van der Waals surface area contributed by atoms with Gasteiger partial charge in [0.2, 0.25) is 5.91 Å². The van der Waals surface area contributed by atoms with Crippen molar-refractivity contribution < 1.29 is 60.1 Å². The van der Waals surface area contributed by atoms with Gasteiger partial charge in [0.15, 0.2) is 0 Å². The van der Waals surface area contributed by atoms with Gasteiger partial charge in [-0.2, -0.15) is 26.3 Å². The fourth-order valence-electron chi connectivity index (χ4n) is 3.98. The van der Waals surface area contributed by atoms with E-state index in [1.165, 1.54) is 0 Å². The molecule has 2 saturated heterocycles. The van der Waals surface area contributed by atoms with Crippen molar-refractivity contribution in [2.45, 2.75) is 57.2 Å². The van der Waals surface area contributed by atoms with E-state index in [9.17, 15) is 31.1 Å². The average Bonchev–Trinajstić information content (AvgIpc) is 3.22. The number of carbonyl (C=O) groups is 3. The van der Waals surface area contributed by atoms with Crippen molar-refractivity contribution in [3.8, 4) is 0 Å². The third-order valence-electron chi connectivity index (χ3n) is 6.18. The molecule has 0 radical (unpaired) electrons. The van der Waals surface area contributed by atoms with Crippen LogP contribution >= 0.6 is 0 Å². The molecule has 2 N–H and O–H groups in total. The predicted octanol–water partition coefficient (Wildman–Crippen LogP) is 3.00. The molecule has 1 amide bonds. The van der Waals surface area contributed by atoms with Crippen LogP contribution < -0.4 is 0 Å². The van der Waals surface area contributed by atoms with Crippen LogP contribution in [0.25, 0.3) is 0 Å². The van der Waals surface area contributed by atoms with Gasteiger partial charge in [-0.3, -0.25) is 9.69 Å². The molecular weight excluding hydrogens is 544 g/mol. The number of rotatable bonds is 5. The number of ether oxygens (including phenoxy) is 1. The van der Waals surface area contributed by atoms with Crippen molar-refractivity contribution in [1.29, 1.82) is 0 Å². The lowest BCUT2D eigenvalue weighted by Gasteiger charge is -2.51. The number of piperidine rings is 1. The number of aliphatic carboxylic acids is 2. The van der Waals surface area contributed by atoms with Crippen molar-refractivity contribution in [2.24, 2.45) is 0 Å². The molecule has 3 heterocycles. The molecule has 10 nitrogen and oxygen atoms in total.